The van der Waals surface area contributed by atoms with E-state index in [9.17, 15) is 9.59 Å². The summed E-state index contributed by atoms with van der Waals surface area (Å²) < 4.78 is 5.35. The van der Waals surface area contributed by atoms with Crippen molar-refractivity contribution in [3.05, 3.63) is 71.4 Å². The molecule has 0 saturated carbocycles. The average molecular weight is 351 g/mol. The van der Waals surface area contributed by atoms with Crippen LogP contribution in [0.15, 0.2) is 54.6 Å². The van der Waals surface area contributed by atoms with Crippen LogP contribution >= 0.6 is 0 Å². The van der Waals surface area contributed by atoms with Gasteiger partial charge in [-0.25, -0.2) is 10.5 Å². The molecule has 3 aromatic rings. The predicted molar refractivity (Wildman–Crippen MR) is 95.2 cm³/mol. The number of aromatic nitrogens is 1. The van der Waals surface area contributed by atoms with Gasteiger partial charge >= 0.3 is 0 Å². The molecule has 0 spiro atoms. The van der Waals surface area contributed by atoms with E-state index in [1.54, 1.807) is 42.9 Å². The topological polar surface area (TPSA) is 101 Å². The van der Waals surface area contributed by atoms with Crippen LogP contribution in [0, 0.1) is 0 Å². The maximum absolute atomic E-state index is 12.4. The van der Waals surface area contributed by atoms with Crippen LogP contribution in [0.2, 0.25) is 0 Å². The van der Waals surface area contributed by atoms with E-state index in [1.165, 1.54) is 0 Å². The van der Waals surface area contributed by atoms with E-state index >= 15 is 0 Å². The van der Waals surface area contributed by atoms with E-state index in [-0.39, 0.29) is 18.1 Å². The fourth-order valence-electron chi connectivity index (χ4n) is 2.54. The zero-order valence-corrected chi connectivity index (χ0v) is 14.0. The van der Waals surface area contributed by atoms with Crippen LogP contribution in [0.25, 0.3) is 10.9 Å². The Labute approximate surface area is 149 Å². The summed E-state index contributed by atoms with van der Waals surface area (Å²) in [4.78, 5) is 28.1. The first-order chi connectivity index (χ1) is 12.6. The molecule has 7 heteroatoms. The molecular weight excluding hydrogens is 334 g/mol. The van der Waals surface area contributed by atoms with Crippen molar-refractivity contribution in [2.75, 3.05) is 7.11 Å². The molecule has 2 amide bonds. The molecule has 0 unspecified atom stereocenters. The number of para-hydroxylation sites is 1. The number of rotatable bonds is 5. The Morgan fingerprint density at radius 1 is 1.08 bits per heavy atom. The minimum Gasteiger partial charge on any atom is -0.496 e. The van der Waals surface area contributed by atoms with Crippen molar-refractivity contribution in [2.45, 2.75) is 6.54 Å². The molecule has 0 aliphatic carbocycles. The monoisotopic (exact) mass is 351 g/mol. The van der Waals surface area contributed by atoms with Gasteiger partial charge in [0.25, 0.3) is 11.8 Å². The van der Waals surface area contributed by atoms with Crippen LogP contribution in [0.1, 0.15) is 26.4 Å². The molecule has 3 N–H and O–H groups in total. The minimum absolute atomic E-state index is 0.261. The summed E-state index contributed by atoms with van der Waals surface area (Å²) in [7, 11) is 1.55. The zero-order chi connectivity index (χ0) is 18.5. The number of carbonyl (C=O) groups excluding carboxylic acids is 2. The van der Waals surface area contributed by atoms with Crippen molar-refractivity contribution >= 4 is 22.7 Å². The molecule has 3 rings (SSSR count). The zero-order valence-electron chi connectivity index (χ0n) is 14.0. The number of amides is 2. The van der Waals surface area contributed by atoms with Crippen LogP contribution in [-0.2, 0) is 6.54 Å². The lowest BCUT2D eigenvalue weighted by molar-refractivity contribution is 0.0706. The van der Waals surface area contributed by atoms with Crippen LogP contribution in [0.5, 0.6) is 5.75 Å². The van der Waals surface area contributed by atoms with Crippen LogP contribution < -0.4 is 15.5 Å². The Kier molecular flexibility index (Phi) is 5.09. The molecule has 7 nitrogen and oxygen atoms in total. The van der Waals surface area contributed by atoms with Gasteiger partial charge in [0.15, 0.2) is 0 Å². The third kappa shape index (κ3) is 3.62. The van der Waals surface area contributed by atoms with Gasteiger partial charge in [0.1, 0.15) is 11.4 Å². The highest BCUT2D eigenvalue weighted by molar-refractivity contribution is 5.97. The van der Waals surface area contributed by atoms with E-state index in [4.69, 9.17) is 9.94 Å². The molecule has 1 aromatic heterocycles. The Balaban J connectivity index is 1.74. The number of hydrogen-bond donors (Lipinski definition) is 3. The van der Waals surface area contributed by atoms with Crippen molar-refractivity contribution in [1.29, 1.82) is 0 Å². The number of ether oxygens (including phenoxy) is 1. The van der Waals surface area contributed by atoms with Crippen molar-refractivity contribution < 1.29 is 19.5 Å². The maximum atomic E-state index is 12.4. The first-order valence-corrected chi connectivity index (χ1v) is 7.87. The lowest BCUT2D eigenvalue weighted by Crippen LogP contribution is -2.24. The SMILES string of the molecule is COc1cc(C(=O)NCc2ccc(C(=O)NO)cc2)nc2ccccc12. The van der Waals surface area contributed by atoms with E-state index in [1.807, 2.05) is 24.3 Å². The molecule has 1 heterocycles. The Hall–Kier alpha value is -3.45. The molecular formula is C19H17N3O4. The molecule has 132 valence electrons. The highest BCUT2D eigenvalue weighted by atomic mass is 16.5. The van der Waals surface area contributed by atoms with Crippen molar-refractivity contribution in [3.8, 4) is 5.75 Å². The molecule has 0 saturated heterocycles. The van der Waals surface area contributed by atoms with E-state index in [0.717, 1.165) is 10.9 Å². The summed E-state index contributed by atoms with van der Waals surface area (Å²) in [5, 5.41) is 12.2. The van der Waals surface area contributed by atoms with E-state index in [2.05, 4.69) is 10.3 Å². The second kappa shape index (κ2) is 7.62. The van der Waals surface area contributed by atoms with Gasteiger partial charge in [0, 0.05) is 23.6 Å². The molecule has 26 heavy (non-hydrogen) atoms. The molecule has 0 atom stereocenters. The minimum atomic E-state index is -0.590. The number of hydrogen-bond acceptors (Lipinski definition) is 5. The summed E-state index contributed by atoms with van der Waals surface area (Å²) in [5.74, 6) is -0.334. The van der Waals surface area contributed by atoms with E-state index < -0.39 is 5.91 Å². The van der Waals surface area contributed by atoms with E-state index in [0.29, 0.717) is 16.8 Å². The van der Waals surface area contributed by atoms with Crippen LogP contribution in [0.4, 0.5) is 0 Å². The highest BCUT2D eigenvalue weighted by Gasteiger charge is 2.12. The van der Waals surface area contributed by atoms with Gasteiger partial charge in [0.2, 0.25) is 0 Å². The lowest BCUT2D eigenvalue weighted by Gasteiger charge is -2.09. The molecule has 0 aliphatic rings. The summed E-state index contributed by atoms with van der Waals surface area (Å²) >= 11 is 0. The maximum Gasteiger partial charge on any atom is 0.274 e. The fourth-order valence-corrected chi connectivity index (χ4v) is 2.54. The normalized spacial score (nSPS) is 10.4. The second-order valence-electron chi connectivity index (χ2n) is 5.55. The average Bonchev–Trinajstić information content (AvgIpc) is 2.70. The first-order valence-electron chi connectivity index (χ1n) is 7.87. The van der Waals surface area contributed by atoms with Gasteiger partial charge in [-0.2, -0.15) is 0 Å². The largest absolute Gasteiger partial charge is 0.496 e. The Morgan fingerprint density at radius 3 is 2.50 bits per heavy atom. The standard InChI is InChI=1S/C19H17N3O4/c1-26-17-10-16(21-15-5-3-2-4-14(15)17)19(24)20-11-12-6-8-13(9-7-12)18(23)22-25/h2-10,25H,11H2,1H3,(H,20,24)(H,22,23). The van der Waals surface area contributed by atoms with Gasteiger partial charge in [-0.15, -0.1) is 0 Å². The number of methoxy groups -OCH3 is 1. The molecule has 0 radical (unpaired) electrons. The van der Waals surface area contributed by atoms with Crippen molar-refractivity contribution in [1.82, 2.24) is 15.8 Å². The number of nitrogens with one attached hydrogen (secondary N) is 2. The molecule has 0 bridgehead atoms. The van der Waals surface area contributed by atoms with Gasteiger partial charge in [-0.3, -0.25) is 14.8 Å². The number of carbonyl (C=O) groups is 2. The van der Waals surface area contributed by atoms with Crippen molar-refractivity contribution in [2.24, 2.45) is 0 Å². The quantitative estimate of drug-likeness (QED) is 0.484. The van der Waals surface area contributed by atoms with Gasteiger partial charge in [0.05, 0.1) is 12.6 Å². The predicted octanol–water partition coefficient (Wildman–Crippen LogP) is 2.29. The molecule has 0 aliphatic heterocycles. The van der Waals surface area contributed by atoms with Crippen LogP contribution in [0.3, 0.4) is 0 Å². The number of hydroxylamine groups is 1. The highest BCUT2D eigenvalue weighted by Crippen LogP contribution is 2.24. The van der Waals surface area contributed by atoms with Gasteiger partial charge in [-0.1, -0.05) is 24.3 Å². The van der Waals surface area contributed by atoms with Gasteiger partial charge in [-0.05, 0) is 29.8 Å². The Bertz CT molecular complexity index is 955. The third-order valence-corrected chi connectivity index (χ3v) is 3.90. The third-order valence-electron chi connectivity index (χ3n) is 3.90. The fraction of sp³-hybridized carbons (Fsp3) is 0.105. The lowest BCUT2D eigenvalue weighted by atomic mass is 10.1. The summed E-state index contributed by atoms with van der Waals surface area (Å²) in [5.41, 5.74) is 3.64. The second-order valence-corrected chi connectivity index (χ2v) is 5.55. The van der Waals surface area contributed by atoms with Crippen LogP contribution in [-0.4, -0.2) is 29.1 Å². The summed E-state index contributed by atoms with van der Waals surface area (Å²) in [6.45, 7) is 0.274. The number of pyridine rings is 1. The Morgan fingerprint density at radius 2 is 1.81 bits per heavy atom. The smallest absolute Gasteiger partial charge is 0.274 e. The number of benzene rings is 2. The molecule has 0 fully saturated rings. The van der Waals surface area contributed by atoms with Gasteiger partial charge < -0.3 is 10.1 Å². The summed E-state index contributed by atoms with van der Waals surface area (Å²) in [6.07, 6.45) is 0. The summed E-state index contributed by atoms with van der Waals surface area (Å²) in [6, 6.07) is 15.5. The van der Waals surface area contributed by atoms with Crippen molar-refractivity contribution in [3.63, 3.8) is 0 Å². The number of fused-ring (bicyclic) bond motifs is 1. The first kappa shape index (κ1) is 17.4. The molecule has 2 aromatic carbocycles. The number of nitrogens with zero attached hydrogens (tertiary/aromatic N) is 1.